The van der Waals surface area contributed by atoms with Gasteiger partial charge in [-0.25, -0.2) is 18.2 Å². The van der Waals surface area contributed by atoms with Crippen molar-refractivity contribution < 1.29 is 27.6 Å². The van der Waals surface area contributed by atoms with Crippen LogP contribution in [0.15, 0.2) is 42.0 Å². The second-order valence-corrected chi connectivity index (χ2v) is 12.1. The van der Waals surface area contributed by atoms with Crippen molar-refractivity contribution in [1.82, 2.24) is 20.2 Å². The van der Waals surface area contributed by atoms with E-state index in [9.17, 15) is 27.6 Å². The van der Waals surface area contributed by atoms with Crippen LogP contribution in [0, 0.1) is 11.7 Å². The Morgan fingerprint density at radius 1 is 1.15 bits per heavy atom. The molecule has 3 aliphatic rings. The Kier molecular flexibility index (Phi) is 7.23. The van der Waals surface area contributed by atoms with E-state index in [1.807, 2.05) is 0 Å². The van der Waals surface area contributed by atoms with E-state index < -0.39 is 29.3 Å². The fraction of sp³-hybridized carbons (Fsp3) is 0.393. The van der Waals surface area contributed by atoms with E-state index in [1.165, 1.54) is 29.5 Å². The Hall–Kier alpha value is -3.51. The number of anilines is 1. The van der Waals surface area contributed by atoms with Crippen LogP contribution in [0.5, 0.6) is 0 Å². The molecular weight excluding hydrogens is 579 g/mol. The summed E-state index contributed by atoms with van der Waals surface area (Å²) in [6.45, 7) is 0.748. The molecule has 2 fully saturated rings. The number of likely N-dealkylation sites (tertiary alicyclic amines) is 1. The average Bonchev–Trinajstić information content (AvgIpc) is 3.54. The lowest BCUT2D eigenvalue weighted by Crippen LogP contribution is -2.65. The molecule has 41 heavy (non-hydrogen) atoms. The molecule has 0 unspecified atom stereocenters. The lowest BCUT2D eigenvalue weighted by Gasteiger charge is -2.46. The monoisotopic (exact) mass is 603 g/mol. The predicted octanol–water partition coefficient (Wildman–Crippen LogP) is 5.00. The zero-order valence-electron chi connectivity index (χ0n) is 21.7. The van der Waals surface area contributed by atoms with Crippen molar-refractivity contribution in [2.24, 2.45) is 5.92 Å². The quantitative estimate of drug-likeness (QED) is 0.428. The van der Waals surface area contributed by atoms with Gasteiger partial charge in [-0.1, -0.05) is 11.6 Å². The molecule has 4 heterocycles. The van der Waals surface area contributed by atoms with Crippen molar-refractivity contribution in [3.8, 4) is 0 Å². The molecule has 6 rings (SSSR count). The molecule has 0 radical (unpaired) electrons. The van der Waals surface area contributed by atoms with Crippen LogP contribution >= 0.6 is 22.9 Å². The number of aromatic nitrogens is 2. The summed E-state index contributed by atoms with van der Waals surface area (Å²) < 4.78 is 41.0. The van der Waals surface area contributed by atoms with E-state index in [1.54, 1.807) is 27.4 Å². The third-order valence-corrected chi connectivity index (χ3v) is 9.17. The first-order chi connectivity index (χ1) is 19.7. The van der Waals surface area contributed by atoms with Crippen LogP contribution in [0.2, 0.25) is 5.02 Å². The number of fused-ring (bicyclic) bond motifs is 2. The summed E-state index contributed by atoms with van der Waals surface area (Å²) in [7, 11) is 0. The Morgan fingerprint density at radius 2 is 1.90 bits per heavy atom. The molecule has 1 aromatic carbocycles. The normalized spacial score (nSPS) is 21.2. The van der Waals surface area contributed by atoms with E-state index in [0.29, 0.717) is 48.5 Å². The highest BCUT2D eigenvalue weighted by Crippen LogP contribution is 2.48. The maximum Gasteiger partial charge on any atom is 0.282 e. The van der Waals surface area contributed by atoms with Crippen LogP contribution in [-0.2, 0) is 10.2 Å². The number of benzene rings is 1. The Morgan fingerprint density at radius 3 is 2.59 bits per heavy atom. The van der Waals surface area contributed by atoms with Crippen LogP contribution in [0.1, 0.15) is 63.5 Å². The third kappa shape index (κ3) is 4.97. The number of carbonyl (C=O) groups is 3. The molecule has 1 saturated heterocycles. The molecule has 1 aliphatic carbocycles. The lowest BCUT2D eigenvalue weighted by atomic mass is 9.74. The van der Waals surface area contributed by atoms with Crippen LogP contribution in [0.25, 0.3) is 0 Å². The van der Waals surface area contributed by atoms with E-state index in [-0.39, 0.29) is 47.4 Å². The molecule has 0 bridgehead atoms. The van der Waals surface area contributed by atoms with Crippen LogP contribution < -0.4 is 10.2 Å². The highest BCUT2D eigenvalue weighted by atomic mass is 35.5. The minimum atomic E-state index is -2.91. The summed E-state index contributed by atoms with van der Waals surface area (Å²) in [5, 5.41) is 4.98. The smallest absolute Gasteiger partial charge is 0.282 e. The van der Waals surface area contributed by atoms with Crippen molar-refractivity contribution in [3.63, 3.8) is 0 Å². The van der Waals surface area contributed by atoms with Gasteiger partial charge in [0.2, 0.25) is 5.91 Å². The minimum absolute atomic E-state index is 0.0959. The standard InChI is InChI=1S/C28H25ClF3N5O3S/c29-16-9-19(22(23(31)32)34-11-16)24(38)35-18-4-1-15(2-5-18)12-37-21-6-3-17(30)10-20(21)28(27(37)40)13-36(14-28)26(39)25-33-7-8-41-25/h3,6-11,15,18,23H,1-2,4-5,12-14H2,(H,35,38). The molecule has 8 nitrogen and oxygen atoms in total. The summed E-state index contributed by atoms with van der Waals surface area (Å²) in [5.74, 6) is -1.36. The highest BCUT2D eigenvalue weighted by molar-refractivity contribution is 7.11. The molecule has 3 aromatic rings. The van der Waals surface area contributed by atoms with Crippen molar-refractivity contribution in [3.05, 3.63) is 74.7 Å². The van der Waals surface area contributed by atoms with Crippen molar-refractivity contribution in [2.75, 3.05) is 24.5 Å². The summed E-state index contributed by atoms with van der Waals surface area (Å²) in [4.78, 5) is 50.3. The second-order valence-electron chi connectivity index (χ2n) is 10.7. The summed E-state index contributed by atoms with van der Waals surface area (Å²) in [5.41, 5.74) is -0.588. The number of rotatable bonds is 6. The SMILES string of the molecule is O=C(NC1CCC(CN2C(=O)C3(CN(C(=O)c4nccs4)C3)c3cc(F)ccc32)CC1)c1cc(Cl)cnc1C(F)F. The predicted molar refractivity (Wildman–Crippen MR) is 146 cm³/mol. The number of hydrogen-bond donors (Lipinski definition) is 1. The number of amides is 3. The van der Waals surface area contributed by atoms with E-state index >= 15 is 0 Å². The number of nitrogens with zero attached hydrogens (tertiary/aromatic N) is 4. The molecule has 0 atom stereocenters. The first-order valence-corrected chi connectivity index (χ1v) is 14.5. The number of halogens is 4. The number of thiazole rings is 1. The van der Waals surface area contributed by atoms with Crippen molar-refractivity contribution in [1.29, 1.82) is 0 Å². The fourth-order valence-electron chi connectivity index (χ4n) is 6.13. The molecule has 1 spiro atoms. The summed E-state index contributed by atoms with van der Waals surface area (Å²) in [6, 6.07) is 5.32. The van der Waals surface area contributed by atoms with Crippen LogP contribution in [-0.4, -0.2) is 58.3 Å². The zero-order valence-corrected chi connectivity index (χ0v) is 23.2. The first kappa shape index (κ1) is 27.6. The topological polar surface area (TPSA) is 95.5 Å². The maximum atomic E-state index is 14.3. The van der Waals surface area contributed by atoms with E-state index in [2.05, 4.69) is 15.3 Å². The van der Waals surface area contributed by atoms with Crippen molar-refractivity contribution >= 4 is 46.3 Å². The first-order valence-electron chi connectivity index (χ1n) is 13.2. The van der Waals surface area contributed by atoms with Crippen LogP contribution in [0.4, 0.5) is 18.9 Å². The molecule has 214 valence electrons. The van der Waals surface area contributed by atoms with Gasteiger partial charge in [0.15, 0.2) is 5.01 Å². The molecule has 1 N–H and O–H groups in total. The molecule has 1 saturated carbocycles. The van der Waals surface area contributed by atoms with Gasteiger partial charge in [-0.2, -0.15) is 0 Å². The summed E-state index contributed by atoms with van der Waals surface area (Å²) in [6.07, 6.45) is 2.33. The largest absolute Gasteiger partial charge is 0.349 e. The number of alkyl halides is 2. The van der Waals surface area contributed by atoms with Gasteiger partial charge in [-0.15, -0.1) is 11.3 Å². The fourth-order valence-corrected chi connectivity index (χ4v) is 6.89. The zero-order chi connectivity index (χ0) is 28.9. The number of nitrogens with one attached hydrogen (secondary N) is 1. The Balaban J connectivity index is 1.11. The lowest BCUT2D eigenvalue weighted by molar-refractivity contribution is -0.128. The van der Waals surface area contributed by atoms with Gasteiger partial charge < -0.3 is 15.1 Å². The highest BCUT2D eigenvalue weighted by Gasteiger charge is 2.59. The van der Waals surface area contributed by atoms with Gasteiger partial charge in [-0.05, 0) is 61.4 Å². The molecule has 2 aliphatic heterocycles. The molecule has 13 heteroatoms. The van der Waals surface area contributed by atoms with Gasteiger partial charge in [-0.3, -0.25) is 19.4 Å². The van der Waals surface area contributed by atoms with Gasteiger partial charge in [0.25, 0.3) is 18.2 Å². The number of pyridine rings is 1. The molecule has 2 aromatic heterocycles. The summed E-state index contributed by atoms with van der Waals surface area (Å²) >= 11 is 7.12. The number of hydrogen-bond acceptors (Lipinski definition) is 6. The van der Waals surface area contributed by atoms with Gasteiger partial charge in [0.1, 0.15) is 16.9 Å². The molecular formula is C28H25ClF3N5O3S. The Bertz CT molecular complexity index is 1510. The van der Waals surface area contributed by atoms with Gasteiger partial charge in [0.05, 0.1) is 10.6 Å². The molecule has 3 amide bonds. The van der Waals surface area contributed by atoms with E-state index in [0.717, 1.165) is 6.20 Å². The van der Waals surface area contributed by atoms with Crippen LogP contribution in [0.3, 0.4) is 0 Å². The van der Waals surface area contributed by atoms with Crippen molar-refractivity contribution in [2.45, 2.75) is 43.6 Å². The van der Waals surface area contributed by atoms with Gasteiger partial charge >= 0.3 is 0 Å². The second kappa shape index (κ2) is 10.7. The Labute approximate surface area is 242 Å². The third-order valence-electron chi connectivity index (χ3n) is 8.20. The van der Waals surface area contributed by atoms with E-state index in [4.69, 9.17) is 11.6 Å². The van der Waals surface area contributed by atoms with Gasteiger partial charge in [0, 0.05) is 49.1 Å². The minimum Gasteiger partial charge on any atom is -0.349 e. The maximum absolute atomic E-state index is 14.3. The number of carbonyl (C=O) groups excluding carboxylic acids is 3. The average molecular weight is 604 g/mol.